The molecule has 362 valence electrons. The van der Waals surface area contributed by atoms with Gasteiger partial charge in [0.2, 0.25) is 0 Å². The molecule has 6 aromatic heterocycles. The summed E-state index contributed by atoms with van der Waals surface area (Å²) in [4.78, 5) is 49.4. The van der Waals surface area contributed by atoms with Crippen molar-refractivity contribution in [2.75, 3.05) is 5.32 Å². The van der Waals surface area contributed by atoms with Crippen molar-refractivity contribution in [1.82, 2.24) is 39.8 Å². The molecular weight excluding hydrogens is 923 g/mol. The van der Waals surface area contributed by atoms with Gasteiger partial charge in [-0.2, -0.15) is 0 Å². The maximum absolute atomic E-state index is 14.4. The Balaban J connectivity index is 0.975. The average molecular weight is 974 g/mol. The van der Waals surface area contributed by atoms with E-state index in [1.165, 1.54) is 0 Å². The number of nitrogens with zero attached hydrogens (tertiary/aromatic N) is 6. The zero-order chi connectivity index (χ0) is 50.7. The highest BCUT2D eigenvalue weighted by molar-refractivity contribution is 6.08. The summed E-state index contributed by atoms with van der Waals surface area (Å²) < 4.78 is 0. The number of amides is 1. The van der Waals surface area contributed by atoms with Gasteiger partial charge in [0, 0.05) is 93.8 Å². The van der Waals surface area contributed by atoms with Gasteiger partial charge in [0.15, 0.2) is 0 Å². The van der Waals surface area contributed by atoms with Crippen LogP contribution in [0.3, 0.4) is 0 Å². The van der Waals surface area contributed by atoms with Gasteiger partial charge in [-0.15, -0.1) is 0 Å². The van der Waals surface area contributed by atoms with Gasteiger partial charge in [-0.1, -0.05) is 121 Å². The minimum absolute atomic E-state index is 0.282. The number of pyridine rings is 3. The average Bonchev–Trinajstić information content (AvgIpc) is 4.31. The van der Waals surface area contributed by atoms with Gasteiger partial charge in [-0.25, -0.2) is 9.97 Å². The predicted molar refractivity (Wildman–Crippen MR) is 304 cm³/mol. The fraction of sp³-hybridized carbons (Fsp3) is 0.0769. The molecule has 10 nitrogen and oxygen atoms in total. The molecule has 2 aliphatic heterocycles. The van der Waals surface area contributed by atoms with E-state index in [-0.39, 0.29) is 5.91 Å². The zero-order valence-electron chi connectivity index (χ0n) is 41.5. The van der Waals surface area contributed by atoms with Crippen molar-refractivity contribution in [3.63, 3.8) is 0 Å². The fourth-order valence-electron chi connectivity index (χ4n) is 9.91. The lowest BCUT2D eigenvalue weighted by atomic mass is 10.0. The van der Waals surface area contributed by atoms with E-state index in [9.17, 15) is 4.79 Å². The fourth-order valence-corrected chi connectivity index (χ4v) is 9.91. The molecule has 12 rings (SSSR count). The normalized spacial score (nSPS) is 11.8. The molecule has 10 heteroatoms. The minimum Gasteiger partial charge on any atom is -0.354 e. The first kappa shape index (κ1) is 46.4. The van der Waals surface area contributed by atoms with Crippen LogP contribution < -0.4 is 5.32 Å². The molecule has 8 bridgehead atoms. The van der Waals surface area contributed by atoms with Gasteiger partial charge in [0.1, 0.15) is 0 Å². The predicted octanol–water partition coefficient (Wildman–Crippen LogP) is 14.6. The number of carbonyl (C=O) groups excluding carboxylic acids is 1. The summed E-state index contributed by atoms with van der Waals surface area (Å²) in [6.45, 7) is 5.84. The highest BCUT2D eigenvalue weighted by Gasteiger charge is 2.21. The molecule has 4 aromatic carbocycles. The maximum Gasteiger partial charge on any atom is 0.257 e. The Bertz CT molecular complexity index is 3870. The summed E-state index contributed by atoms with van der Waals surface area (Å²) in [5, 5.41) is 3.27. The molecule has 0 fully saturated rings. The summed E-state index contributed by atoms with van der Waals surface area (Å²) in [6, 6.07) is 59.6. The molecule has 10 aromatic rings. The Kier molecular flexibility index (Phi) is 12.7. The Morgan fingerprint density at radius 2 is 0.813 bits per heavy atom. The summed E-state index contributed by atoms with van der Waals surface area (Å²) >= 11 is 0. The molecule has 0 radical (unpaired) electrons. The maximum atomic E-state index is 14.4. The topological polar surface area (TPSA) is 128 Å². The van der Waals surface area contributed by atoms with Gasteiger partial charge < -0.3 is 15.3 Å². The molecular formula is C65H51N9O. The first-order chi connectivity index (χ1) is 36.9. The van der Waals surface area contributed by atoms with E-state index >= 15 is 0 Å². The second-order valence-electron chi connectivity index (χ2n) is 18.9. The van der Waals surface area contributed by atoms with Crippen molar-refractivity contribution in [3.05, 3.63) is 251 Å². The minimum atomic E-state index is -0.282. The highest BCUT2D eigenvalue weighted by Crippen LogP contribution is 2.40. The molecule has 1 amide bonds. The molecule has 8 heterocycles. The van der Waals surface area contributed by atoms with Gasteiger partial charge in [0.25, 0.3) is 5.91 Å². The van der Waals surface area contributed by atoms with Crippen LogP contribution in [0.2, 0.25) is 0 Å². The third-order valence-corrected chi connectivity index (χ3v) is 13.6. The van der Waals surface area contributed by atoms with E-state index in [0.29, 0.717) is 30.9 Å². The lowest BCUT2D eigenvalue weighted by Gasteiger charge is -2.21. The van der Waals surface area contributed by atoms with Crippen LogP contribution in [0.15, 0.2) is 195 Å². The van der Waals surface area contributed by atoms with Gasteiger partial charge in [-0.3, -0.25) is 24.6 Å². The van der Waals surface area contributed by atoms with E-state index in [1.807, 2.05) is 80.8 Å². The number of hydrogen-bond donors (Lipinski definition) is 3. The van der Waals surface area contributed by atoms with Crippen molar-refractivity contribution in [2.24, 2.45) is 0 Å². The molecule has 0 spiro atoms. The SMILES string of the molecule is Cc1ccc(CN(Cc2ccc(C)cn2)Cc2ccc(C(=O)Nc3ccccc3-c3c4nc(c(-c5ccccc5)c5ccc([nH]5)c(-c5ccccc5)c5nc(c(-c6ccccc6)c6ccc3[nH]6)C=C5)C=C4)cn2)nc1. The van der Waals surface area contributed by atoms with Gasteiger partial charge >= 0.3 is 0 Å². The first-order valence-electron chi connectivity index (χ1n) is 25.1. The van der Waals surface area contributed by atoms with Crippen LogP contribution >= 0.6 is 0 Å². The number of carbonyl (C=O) groups is 1. The Hall–Kier alpha value is -9.64. The number of H-pyrrole nitrogens is 2. The number of benzene rings is 4. The number of aryl methyl sites for hydroxylation is 2. The number of fused-ring (bicyclic) bond motifs is 8. The summed E-state index contributed by atoms with van der Waals surface area (Å²) in [5.74, 6) is -0.282. The molecule has 2 aliphatic rings. The quantitative estimate of drug-likeness (QED) is 0.111. The third kappa shape index (κ3) is 9.86. The highest BCUT2D eigenvalue weighted by atomic mass is 16.1. The van der Waals surface area contributed by atoms with Crippen LogP contribution in [0.5, 0.6) is 0 Å². The molecule has 0 saturated heterocycles. The number of rotatable bonds is 12. The van der Waals surface area contributed by atoms with Crippen LogP contribution in [-0.2, 0) is 19.6 Å². The standard InChI is InChI=1S/C65H51N9O/c1-42-22-25-48(66-36-42)39-74(40-49-26-23-43(2)37-67-49)41-50-27-24-47(38-68-50)65(75)73-52-21-13-12-20-51(52)64-59-34-32-57(71-59)62(45-16-8-4-9-17-45)55-30-28-53(69-55)61(44-14-6-3-7-15-44)54-29-31-56(70-54)63(46-18-10-5-11-19-46)58-33-35-60(64)72-58/h3-38,69,72H,39-41H2,1-2H3,(H,73,75). The van der Waals surface area contributed by atoms with E-state index < -0.39 is 0 Å². The zero-order valence-corrected chi connectivity index (χ0v) is 41.5. The van der Waals surface area contributed by atoms with Crippen molar-refractivity contribution in [1.29, 1.82) is 0 Å². The molecule has 0 atom stereocenters. The van der Waals surface area contributed by atoms with Crippen LogP contribution in [0.1, 0.15) is 61.3 Å². The van der Waals surface area contributed by atoms with E-state index in [2.05, 4.69) is 176 Å². The van der Waals surface area contributed by atoms with Crippen LogP contribution in [0.25, 0.3) is 90.9 Å². The molecule has 0 saturated carbocycles. The second-order valence-corrected chi connectivity index (χ2v) is 18.9. The Morgan fingerprint density at radius 3 is 1.23 bits per heavy atom. The first-order valence-corrected chi connectivity index (χ1v) is 25.1. The van der Waals surface area contributed by atoms with Crippen molar-refractivity contribution < 1.29 is 4.79 Å². The molecule has 0 unspecified atom stereocenters. The number of hydrogen-bond acceptors (Lipinski definition) is 7. The van der Waals surface area contributed by atoms with Crippen molar-refractivity contribution >= 4 is 58.0 Å². The number of aromatic amines is 2. The van der Waals surface area contributed by atoms with Gasteiger partial charge in [0.05, 0.1) is 45.4 Å². The Morgan fingerprint density at radius 1 is 0.427 bits per heavy atom. The van der Waals surface area contributed by atoms with Crippen LogP contribution in [0.4, 0.5) is 5.69 Å². The number of nitrogens with one attached hydrogen (secondary N) is 3. The van der Waals surface area contributed by atoms with E-state index in [1.54, 1.807) is 6.20 Å². The van der Waals surface area contributed by atoms with Gasteiger partial charge in [-0.05, 0) is 121 Å². The van der Waals surface area contributed by atoms with Crippen LogP contribution in [0, 0.1) is 13.8 Å². The van der Waals surface area contributed by atoms with E-state index in [4.69, 9.17) is 15.0 Å². The number of anilines is 1. The molecule has 75 heavy (non-hydrogen) atoms. The largest absolute Gasteiger partial charge is 0.354 e. The second kappa shape index (κ2) is 20.5. The van der Waals surface area contributed by atoms with Crippen molar-refractivity contribution in [3.8, 4) is 44.5 Å². The summed E-state index contributed by atoms with van der Waals surface area (Å²) in [6.07, 6.45) is 13.8. The molecule has 3 N–H and O–H groups in total. The molecule has 0 aliphatic carbocycles. The number of para-hydroxylation sites is 1. The van der Waals surface area contributed by atoms with Crippen molar-refractivity contribution in [2.45, 2.75) is 33.5 Å². The lowest BCUT2D eigenvalue weighted by Crippen LogP contribution is -2.24. The third-order valence-electron chi connectivity index (χ3n) is 13.6. The lowest BCUT2D eigenvalue weighted by molar-refractivity contribution is 0.102. The van der Waals surface area contributed by atoms with Crippen LogP contribution in [-0.4, -0.2) is 45.7 Å². The Labute approximate surface area is 435 Å². The van der Waals surface area contributed by atoms with E-state index in [0.717, 1.165) is 118 Å². The summed E-state index contributed by atoms with van der Waals surface area (Å²) in [5.41, 5.74) is 20.4. The number of aromatic nitrogens is 7. The summed E-state index contributed by atoms with van der Waals surface area (Å²) in [7, 11) is 0. The smallest absolute Gasteiger partial charge is 0.257 e. The monoisotopic (exact) mass is 973 g/mol.